The van der Waals surface area contributed by atoms with Crippen molar-refractivity contribution in [1.82, 2.24) is 14.3 Å². The largest absolute Gasteiger partial charge is 0.433 e. The summed E-state index contributed by atoms with van der Waals surface area (Å²) in [6, 6.07) is 2.57. The SMILES string of the molecule is Cc1ccc(-c2cc3c(cc2F)c([C@H](NS(=O)(=O)C2CC2)C(F)F)cn3CC(C)(C)C)c(C(F)(F)F)n1. The van der Waals surface area contributed by atoms with Gasteiger partial charge in [0, 0.05) is 46.0 Å². The molecule has 1 atom stereocenters. The van der Waals surface area contributed by atoms with Gasteiger partial charge in [-0.3, -0.25) is 0 Å². The number of sulfonamides is 1. The zero-order valence-corrected chi connectivity index (χ0v) is 21.4. The molecule has 37 heavy (non-hydrogen) atoms. The van der Waals surface area contributed by atoms with E-state index in [-0.39, 0.29) is 34.3 Å². The highest BCUT2D eigenvalue weighted by Crippen LogP contribution is 2.41. The quantitative estimate of drug-likeness (QED) is 0.339. The molecule has 0 saturated heterocycles. The van der Waals surface area contributed by atoms with Crippen LogP contribution in [-0.2, 0) is 22.7 Å². The van der Waals surface area contributed by atoms with E-state index in [0.29, 0.717) is 12.8 Å². The van der Waals surface area contributed by atoms with Crippen molar-refractivity contribution in [1.29, 1.82) is 0 Å². The van der Waals surface area contributed by atoms with Gasteiger partial charge in [0.1, 0.15) is 11.9 Å². The summed E-state index contributed by atoms with van der Waals surface area (Å²) < 4.78 is 114. The number of pyridine rings is 1. The summed E-state index contributed by atoms with van der Waals surface area (Å²) in [6.45, 7) is 7.24. The Labute approximate surface area is 210 Å². The zero-order valence-electron chi connectivity index (χ0n) is 20.6. The molecule has 0 aliphatic heterocycles. The maximum absolute atomic E-state index is 15.4. The average Bonchev–Trinajstić information content (AvgIpc) is 3.56. The van der Waals surface area contributed by atoms with E-state index < -0.39 is 56.4 Å². The Hall–Kier alpha value is -2.60. The molecule has 1 saturated carbocycles. The highest BCUT2D eigenvalue weighted by molar-refractivity contribution is 7.90. The van der Waals surface area contributed by atoms with E-state index in [9.17, 15) is 30.4 Å². The van der Waals surface area contributed by atoms with E-state index >= 15 is 4.39 Å². The average molecular weight is 548 g/mol. The van der Waals surface area contributed by atoms with Crippen LogP contribution in [-0.4, -0.2) is 29.6 Å². The maximum atomic E-state index is 15.4. The van der Waals surface area contributed by atoms with Crippen molar-refractivity contribution in [3.63, 3.8) is 0 Å². The van der Waals surface area contributed by atoms with E-state index in [1.807, 2.05) is 20.8 Å². The van der Waals surface area contributed by atoms with Crippen LogP contribution in [0.1, 0.15) is 56.6 Å². The van der Waals surface area contributed by atoms with E-state index in [0.717, 1.165) is 12.1 Å². The minimum atomic E-state index is -4.86. The molecule has 0 spiro atoms. The van der Waals surface area contributed by atoms with Crippen molar-refractivity contribution >= 4 is 20.9 Å². The molecule has 0 amide bonds. The van der Waals surface area contributed by atoms with Crippen LogP contribution in [0.25, 0.3) is 22.0 Å². The van der Waals surface area contributed by atoms with E-state index in [4.69, 9.17) is 0 Å². The van der Waals surface area contributed by atoms with Gasteiger partial charge in [0.25, 0.3) is 6.43 Å². The predicted octanol–water partition coefficient (Wildman–Crippen LogP) is 6.60. The summed E-state index contributed by atoms with van der Waals surface area (Å²) in [5, 5.41) is -0.766. The first-order valence-corrected chi connectivity index (χ1v) is 13.2. The summed E-state index contributed by atoms with van der Waals surface area (Å²) in [6.07, 6.45) is -5.96. The summed E-state index contributed by atoms with van der Waals surface area (Å²) in [5.74, 6) is -1.07. The van der Waals surface area contributed by atoms with Crippen LogP contribution in [0.3, 0.4) is 0 Å². The third kappa shape index (κ3) is 5.79. The third-order valence-electron chi connectivity index (χ3n) is 6.08. The molecule has 1 fully saturated rings. The molecule has 1 aliphatic carbocycles. The number of halogens is 6. The third-order valence-corrected chi connectivity index (χ3v) is 8.01. The first kappa shape index (κ1) is 27.4. The Bertz CT molecular complexity index is 1440. The van der Waals surface area contributed by atoms with Crippen LogP contribution in [0.2, 0.25) is 0 Å². The number of nitrogens with zero attached hydrogens (tertiary/aromatic N) is 2. The standard InChI is InChI=1S/C25H27F6N3O2S/c1-13-5-8-15(22(32-13)25(29,30)31)16-10-20-17(9-19(16)26)18(11-34(20)12-24(2,3)4)21(23(27)28)33-37(35,36)14-6-7-14/h5,8-11,14,21,23,33H,6-7,12H2,1-4H3/t21-/m0/s1. The molecule has 4 rings (SSSR count). The highest BCUT2D eigenvalue weighted by atomic mass is 32.2. The highest BCUT2D eigenvalue weighted by Gasteiger charge is 2.40. The number of aromatic nitrogens is 2. The molecule has 2 heterocycles. The van der Waals surface area contributed by atoms with Crippen LogP contribution in [0.15, 0.2) is 30.5 Å². The number of aryl methyl sites for hydroxylation is 1. The van der Waals surface area contributed by atoms with E-state index in [1.165, 1.54) is 25.3 Å². The number of fused-ring (bicyclic) bond motifs is 1. The lowest BCUT2D eigenvalue weighted by atomic mass is 9.96. The van der Waals surface area contributed by atoms with Gasteiger partial charge in [-0.2, -0.15) is 13.2 Å². The van der Waals surface area contributed by atoms with E-state index in [2.05, 4.69) is 9.71 Å². The number of benzene rings is 1. The molecular formula is C25H27F6N3O2S. The van der Waals surface area contributed by atoms with Gasteiger partial charge < -0.3 is 4.57 Å². The first-order valence-electron chi connectivity index (χ1n) is 11.6. The van der Waals surface area contributed by atoms with Crippen molar-refractivity contribution < 1.29 is 34.8 Å². The summed E-state index contributed by atoms with van der Waals surface area (Å²) in [7, 11) is -4.03. The van der Waals surface area contributed by atoms with Crippen LogP contribution < -0.4 is 4.72 Å². The van der Waals surface area contributed by atoms with Crippen molar-refractivity contribution in [2.45, 2.75) is 71.0 Å². The van der Waals surface area contributed by atoms with Crippen LogP contribution in [0, 0.1) is 18.2 Å². The minimum absolute atomic E-state index is 0.0112. The Kier molecular flexibility index (Phi) is 6.90. The number of nitrogens with one attached hydrogen (secondary N) is 1. The van der Waals surface area contributed by atoms with Gasteiger partial charge in [0.05, 0.1) is 5.25 Å². The lowest BCUT2D eigenvalue weighted by Gasteiger charge is -2.20. The number of rotatable bonds is 7. The van der Waals surface area contributed by atoms with Crippen molar-refractivity contribution in [3.05, 3.63) is 53.2 Å². The first-order chi connectivity index (χ1) is 17.0. The number of alkyl halides is 5. The Balaban J connectivity index is 1.95. The van der Waals surface area contributed by atoms with Crippen LogP contribution in [0.5, 0.6) is 0 Å². The zero-order chi connectivity index (χ0) is 27.5. The Morgan fingerprint density at radius 3 is 2.30 bits per heavy atom. The fourth-order valence-corrected chi connectivity index (χ4v) is 5.86. The lowest BCUT2D eigenvalue weighted by molar-refractivity contribution is -0.140. The molecule has 5 nitrogen and oxygen atoms in total. The fraction of sp³-hybridized carbons (Fsp3) is 0.480. The minimum Gasteiger partial charge on any atom is -0.347 e. The van der Waals surface area contributed by atoms with Crippen molar-refractivity contribution in [3.8, 4) is 11.1 Å². The molecular weight excluding hydrogens is 520 g/mol. The second-order valence-corrected chi connectivity index (χ2v) is 12.6. The number of hydrogen-bond donors (Lipinski definition) is 1. The Morgan fingerprint density at radius 2 is 1.76 bits per heavy atom. The topological polar surface area (TPSA) is 64.0 Å². The molecule has 12 heteroatoms. The van der Waals surface area contributed by atoms with Crippen molar-refractivity contribution in [2.24, 2.45) is 5.41 Å². The number of hydrogen-bond acceptors (Lipinski definition) is 3. The van der Waals surface area contributed by atoms with Gasteiger partial charge in [-0.25, -0.2) is 31.3 Å². The van der Waals surface area contributed by atoms with Gasteiger partial charge in [0.15, 0.2) is 5.69 Å². The fourth-order valence-electron chi connectivity index (χ4n) is 4.33. The van der Waals surface area contributed by atoms with Gasteiger partial charge in [0.2, 0.25) is 10.0 Å². The molecule has 0 radical (unpaired) electrons. The van der Waals surface area contributed by atoms with Gasteiger partial charge in [-0.1, -0.05) is 26.8 Å². The maximum Gasteiger partial charge on any atom is 0.433 e. The van der Waals surface area contributed by atoms with E-state index in [1.54, 1.807) is 4.57 Å². The molecule has 2 aromatic heterocycles. The molecule has 1 N–H and O–H groups in total. The van der Waals surface area contributed by atoms with Gasteiger partial charge >= 0.3 is 6.18 Å². The summed E-state index contributed by atoms with van der Waals surface area (Å²) in [5.41, 5.74) is -2.38. The smallest absolute Gasteiger partial charge is 0.347 e. The molecule has 202 valence electrons. The molecule has 3 aromatic rings. The summed E-state index contributed by atoms with van der Waals surface area (Å²) >= 11 is 0. The normalized spacial score (nSPS) is 16.1. The lowest BCUT2D eigenvalue weighted by Crippen LogP contribution is -2.35. The monoisotopic (exact) mass is 547 g/mol. The second-order valence-electron chi connectivity index (χ2n) is 10.6. The van der Waals surface area contributed by atoms with Crippen molar-refractivity contribution in [2.75, 3.05) is 0 Å². The second kappa shape index (κ2) is 9.30. The van der Waals surface area contributed by atoms with Gasteiger partial charge in [-0.05, 0) is 43.4 Å². The van der Waals surface area contributed by atoms with Crippen LogP contribution in [0.4, 0.5) is 26.3 Å². The Morgan fingerprint density at radius 1 is 1.11 bits per heavy atom. The predicted molar refractivity (Wildman–Crippen MR) is 128 cm³/mol. The van der Waals surface area contributed by atoms with Crippen LogP contribution >= 0.6 is 0 Å². The molecule has 0 unspecified atom stereocenters. The molecule has 1 aromatic carbocycles. The summed E-state index contributed by atoms with van der Waals surface area (Å²) in [4.78, 5) is 3.57. The molecule has 1 aliphatic rings. The molecule has 0 bridgehead atoms. The van der Waals surface area contributed by atoms with Gasteiger partial charge in [-0.15, -0.1) is 0 Å².